The monoisotopic (exact) mass is 395 g/mol. The van der Waals surface area contributed by atoms with Gasteiger partial charge in [0.2, 0.25) is 0 Å². The molecular formula is C22H22ClN3S. The highest BCUT2D eigenvalue weighted by Crippen LogP contribution is 2.33. The molecule has 0 aliphatic carbocycles. The highest BCUT2D eigenvalue weighted by atomic mass is 35.5. The van der Waals surface area contributed by atoms with Gasteiger partial charge in [-0.1, -0.05) is 29.8 Å². The van der Waals surface area contributed by atoms with Gasteiger partial charge in [-0.25, -0.2) is 0 Å². The zero-order chi connectivity index (χ0) is 19.0. The first-order valence-corrected chi connectivity index (χ1v) is 9.86. The van der Waals surface area contributed by atoms with Crippen LogP contribution in [0.4, 0.5) is 5.69 Å². The summed E-state index contributed by atoms with van der Waals surface area (Å²) in [5.41, 5.74) is 5.91. The van der Waals surface area contributed by atoms with Gasteiger partial charge in [0, 0.05) is 35.7 Å². The Labute approximate surface area is 170 Å². The minimum Gasteiger partial charge on any atom is -0.348 e. The summed E-state index contributed by atoms with van der Waals surface area (Å²) < 4.78 is 2.30. The molecule has 0 saturated carbocycles. The number of anilines is 1. The van der Waals surface area contributed by atoms with E-state index in [1.807, 2.05) is 12.1 Å². The van der Waals surface area contributed by atoms with E-state index in [4.69, 9.17) is 23.8 Å². The molecule has 1 aliphatic heterocycles. The first kappa shape index (κ1) is 18.1. The smallest absolute Gasteiger partial charge is 0.174 e. The number of aromatic nitrogens is 1. The van der Waals surface area contributed by atoms with Gasteiger partial charge in [0.15, 0.2) is 5.11 Å². The number of fused-ring (bicyclic) bond motifs is 1. The third-order valence-corrected chi connectivity index (χ3v) is 5.55. The Kier molecular flexibility index (Phi) is 4.94. The number of aryl methyl sites for hydroxylation is 2. The van der Waals surface area contributed by atoms with Crippen molar-refractivity contribution in [2.45, 2.75) is 26.4 Å². The van der Waals surface area contributed by atoms with Gasteiger partial charge in [-0.15, -0.1) is 0 Å². The topological polar surface area (TPSA) is 20.2 Å². The Bertz CT molecular complexity index is 957. The van der Waals surface area contributed by atoms with Crippen molar-refractivity contribution in [3.8, 4) is 0 Å². The SMILES string of the molecule is Cc1cc(C)cc(NC(=S)N2CCn3cccc3[C@@H]2c2ccc(Cl)cc2)c1. The van der Waals surface area contributed by atoms with E-state index in [1.165, 1.54) is 22.4 Å². The largest absolute Gasteiger partial charge is 0.348 e. The molecule has 0 bridgehead atoms. The Hall–Kier alpha value is -2.30. The maximum Gasteiger partial charge on any atom is 0.174 e. The summed E-state index contributed by atoms with van der Waals surface area (Å²) in [7, 11) is 0. The van der Waals surface area contributed by atoms with E-state index in [-0.39, 0.29) is 6.04 Å². The van der Waals surface area contributed by atoms with E-state index in [0.717, 1.165) is 28.9 Å². The van der Waals surface area contributed by atoms with Crippen LogP contribution in [0.1, 0.15) is 28.4 Å². The number of nitrogens with zero attached hydrogens (tertiary/aromatic N) is 2. The maximum absolute atomic E-state index is 6.11. The van der Waals surface area contributed by atoms with Crippen molar-refractivity contribution in [1.29, 1.82) is 0 Å². The summed E-state index contributed by atoms with van der Waals surface area (Å²) in [5, 5.41) is 4.94. The fraction of sp³-hybridized carbons (Fsp3) is 0.227. The lowest BCUT2D eigenvalue weighted by atomic mass is 10.0. The van der Waals surface area contributed by atoms with E-state index in [0.29, 0.717) is 0 Å². The normalized spacial score (nSPS) is 16.1. The molecule has 27 heavy (non-hydrogen) atoms. The molecule has 4 rings (SSSR count). The fourth-order valence-corrected chi connectivity index (χ4v) is 4.28. The zero-order valence-corrected chi connectivity index (χ0v) is 17.0. The molecule has 1 atom stereocenters. The molecule has 1 aliphatic rings. The molecule has 3 aromatic rings. The molecular weight excluding hydrogens is 374 g/mol. The lowest BCUT2D eigenvalue weighted by molar-refractivity contribution is 0.293. The van der Waals surface area contributed by atoms with Crippen LogP contribution in [-0.4, -0.2) is 21.1 Å². The van der Waals surface area contributed by atoms with Crippen LogP contribution >= 0.6 is 23.8 Å². The second kappa shape index (κ2) is 7.37. The first-order chi connectivity index (χ1) is 13.0. The molecule has 0 spiro atoms. The number of nitrogens with one attached hydrogen (secondary N) is 1. The summed E-state index contributed by atoms with van der Waals surface area (Å²) in [6.45, 7) is 5.98. The minimum atomic E-state index is 0.0666. The Morgan fingerprint density at radius 3 is 2.44 bits per heavy atom. The first-order valence-electron chi connectivity index (χ1n) is 9.08. The summed E-state index contributed by atoms with van der Waals surface area (Å²) in [5.74, 6) is 0. The molecule has 1 N–H and O–H groups in total. The van der Waals surface area contributed by atoms with Crippen molar-refractivity contribution in [2.24, 2.45) is 0 Å². The van der Waals surface area contributed by atoms with Crippen molar-refractivity contribution in [1.82, 2.24) is 9.47 Å². The van der Waals surface area contributed by atoms with Crippen LogP contribution < -0.4 is 5.32 Å². The number of benzene rings is 2. The molecule has 0 amide bonds. The summed E-state index contributed by atoms with van der Waals surface area (Å²) >= 11 is 11.9. The molecule has 5 heteroatoms. The van der Waals surface area contributed by atoms with Crippen LogP contribution in [0.15, 0.2) is 60.8 Å². The highest BCUT2D eigenvalue weighted by Gasteiger charge is 2.30. The third-order valence-electron chi connectivity index (χ3n) is 4.96. The Morgan fingerprint density at radius 1 is 1.04 bits per heavy atom. The van der Waals surface area contributed by atoms with Crippen molar-refractivity contribution in [2.75, 3.05) is 11.9 Å². The Balaban J connectivity index is 1.67. The van der Waals surface area contributed by atoms with Crippen LogP contribution in [0.3, 0.4) is 0 Å². The van der Waals surface area contributed by atoms with Gasteiger partial charge in [-0.2, -0.15) is 0 Å². The minimum absolute atomic E-state index is 0.0666. The molecule has 1 aromatic heterocycles. The predicted octanol–water partition coefficient (Wildman–Crippen LogP) is 5.56. The van der Waals surface area contributed by atoms with E-state index in [9.17, 15) is 0 Å². The van der Waals surface area contributed by atoms with Gasteiger partial charge in [-0.05, 0) is 79.2 Å². The summed E-state index contributed by atoms with van der Waals surface area (Å²) in [6, 6.07) is 18.8. The van der Waals surface area contributed by atoms with Gasteiger partial charge in [0.1, 0.15) is 0 Å². The van der Waals surface area contributed by atoms with Crippen LogP contribution in [-0.2, 0) is 6.54 Å². The van der Waals surface area contributed by atoms with Gasteiger partial charge < -0.3 is 14.8 Å². The number of hydrogen-bond acceptors (Lipinski definition) is 1. The van der Waals surface area contributed by atoms with E-state index < -0.39 is 0 Å². The average molecular weight is 396 g/mol. The molecule has 138 valence electrons. The number of rotatable bonds is 2. The standard InChI is InChI=1S/C22H22ClN3S/c1-15-12-16(2)14-19(13-15)24-22(27)26-11-10-25-9-3-4-20(25)21(26)17-5-7-18(23)8-6-17/h3-9,12-14,21H,10-11H2,1-2H3,(H,24,27)/t21-/m0/s1. The van der Waals surface area contributed by atoms with E-state index in [1.54, 1.807) is 0 Å². The maximum atomic E-state index is 6.11. The Morgan fingerprint density at radius 2 is 1.74 bits per heavy atom. The molecule has 3 nitrogen and oxygen atoms in total. The van der Waals surface area contributed by atoms with Gasteiger partial charge >= 0.3 is 0 Å². The third kappa shape index (κ3) is 3.73. The molecule has 0 saturated heterocycles. The van der Waals surface area contributed by atoms with Crippen LogP contribution in [0.5, 0.6) is 0 Å². The van der Waals surface area contributed by atoms with Crippen molar-refractivity contribution >= 4 is 34.6 Å². The van der Waals surface area contributed by atoms with Crippen molar-refractivity contribution < 1.29 is 0 Å². The lowest BCUT2D eigenvalue weighted by Crippen LogP contribution is -2.44. The predicted molar refractivity (Wildman–Crippen MR) is 117 cm³/mol. The van der Waals surface area contributed by atoms with E-state index in [2.05, 4.69) is 77.3 Å². The summed E-state index contributed by atoms with van der Waals surface area (Å²) in [6.07, 6.45) is 2.13. The van der Waals surface area contributed by atoms with Crippen LogP contribution in [0.25, 0.3) is 0 Å². The quantitative estimate of drug-likeness (QED) is 0.573. The second-order valence-electron chi connectivity index (χ2n) is 7.08. The van der Waals surface area contributed by atoms with Gasteiger partial charge in [-0.3, -0.25) is 0 Å². The van der Waals surface area contributed by atoms with Crippen molar-refractivity contribution in [3.63, 3.8) is 0 Å². The number of thiocarbonyl (C=S) groups is 1. The lowest BCUT2D eigenvalue weighted by Gasteiger charge is -2.39. The number of halogens is 1. The summed E-state index contributed by atoms with van der Waals surface area (Å²) in [4.78, 5) is 2.27. The fourth-order valence-electron chi connectivity index (χ4n) is 3.84. The van der Waals surface area contributed by atoms with E-state index >= 15 is 0 Å². The molecule has 0 fully saturated rings. The molecule has 0 radical (unpaired) electrons. The second-order valence-corrected chi connectivity index (χ2v) is 7.90. The molecule has 2 aromatic carbocycles. The van der Waals surface area contributed by atoms with Crippen LogP contribution in [0, 0.1) is 13.8 Å². The number of hydrogen-bond donors (Lipinski definition) is 1. The molecule has 0 unspecified atom stereocenters. The zero-order valence-electron chi connectivity index (χ0n) is 15.4. The van der Waals surface area contributed by atoms with Crippen LogP contribution in [0.2, 0.25) is 5.02 Å². The van der Waals surface area contributed by atoms with Gasteiger partial charge in [0.25, 0.3) is 0 Å². The van der Waals surface area contributed by atoms with Crippen molar-refractivity contribution in [3.05, 3.63) is 88.2 Å². The average Bonchev–Trinajstić information content (AvgIpc) is 3.09. The molecule has 2 heterocycles. The highest BCUT2D eigenvalue weighted by molar-refractivity contribution is 7.80. The van der Waals surface area contributed by atoms with Gasteiger partial charge in [0.05, 0.1) is 6.04 Å².